The summed E-state index contributed by atoms with van der Waals surface area (Å²) in [5, 5.41) is 3.49. The van der Waals surface area contributed by atoms with Gasteiger partial charge in [0.15, 0.2) is 0 Å². The first-order valence-electron chi connectivity index (χ1n) is 7.18. The molecule has 1 unspecified atom stereocenters. The molecule has 0 saturated heterocycles. The van der Waals surface area contributed by atoms with Gasteiger partial charge in [-0.2, -0.15) is 0 Å². The predicted molar refractivity (Wildman–Crippen MR) is 83.9 cm³/mol. The molecule has 0 heterocycles. The first-order valence-corrected chi connectivity index (χ1v) is 7.97. The molecular formula is C16H25BrFN. The van der Waals surface area contributed by atoms with Gasteiger partial charge in [0, 0.05) is 0 Å². The molecule has 0 aliphatic heterocycles. The SMILES string of the molecule is CCCNCC(Cc1cccc(F)c1Br)CC(C)C. The molecule has 3 heteroatoms. The van der Waals surface area contributed by atoms with Gasteiger partial charge in [-0.3, -0.25) is 0 Å². The van der Waals surface area contributed by atoms with Crippen LogP contribution in [0.5, 0.6) is 0 Å². The van der Waals surface area contributed by atoms with Crippen LogP contribution in [0.4, 0.5) is 4.39 Å². The zero-order valence-electron chi connectivity index (χ0n) is 12.2. The smallest absolute Gasteiger partial charge is 0.137 e. The van der Waals surface area contributed by atoms with Gasteiger partial charge in [0.1, 0.15) is 5.82 Å². The van der Waals surface area contributed by atoms with Crippen LogP contribution in [0.1, 0.15) is 39.2 Å². The molecule has 0 aliphatic carbocycles. The fraction of sp³-hybridized carbons (Fsp3) is 0.625. The molecule has 1 aromatic rings. The van der Waals surface area contributed by atoms with Gasteiger partial charge in [0.25, 0.3) is 0 Å². The lowest BCUT2D eigenvalue weighted by Crippen LogP contribution is -2.26. The molecule has 0 radical (unpaired) electrons. The molecule has 1 nitrogen and oxygen atoms in total. The Bertz CT molecular complexity index is 379. The van der Waals surface area contributed by atoms with Gasteiger partial charge in [-0.25, -0.2) is 4.39 Å². The summed E-state index contributed by atoms with van der Waals surface area (Å²) in [6.45, 7) is 8.72. The minimum Gasteiger partial charge on any atom is -0.316 e. The maximum atomic E-state index is 13.5. The lowest BCUT2D eigenvalue weighted by atomic mass is 9.91. The van der Waals surface area contributed by atoms with Crippen molar-refractivity contribution < 1.29 is 4.39 Å². The highest BCUT2D eigenvalue weighted by atomic mass is 79.9. The monoisotopic (exact) mass is 329 g/mol. The summed E-state index contributed by atoms with van der Waals surface area (Å²) in [7, 11) is 0. The zero-order chi connectivity index (χ0) is 14.3. The summed E-state index contributed by atoms with van der Waals surface area (Å²) in [5.41, 5.74) is 1.07. The van der Waals surface area contributed by atoms with E-state index in [2.05, 4.69) is 42.0 Å². The molecule has 0 aliphatic rings. The summed E-state index contributed by atoms with van der Waals surface area (Å²) < 4.78 is 14.2. The van der Waals surface area contributed by atoms with E-state index in [1.54, 1.807) is 6.07 Å². The van der Waals surface area contributed by atoms with E-state index < -0.39 is 0 Å². The molecule has 0 saturated carbocycles. The van der Waals surface area contributed by atoms with E-state index >= 15 is 0 Å². The number of hydrogen-bond acceptors (Lipinski definition) is 1. The molecule has 0 fully saturated rings. The first-order chi connectivity index (χ1) is 9.04. The van der Waals surface area contributed by atoms with Crippen molar-refractivity contribution in [3.05, 3.63) is 34.1 Å². The fourth-order valence-corrected chi connectivity index (χ4v) is 2.83. The fourth-order valence-electron chi connectivity index (χ4n) is 2.41. The lowest BCUT2D eigenvalue weighted by Gasteiger charge is -2.20. The van der Waals surface area contributed by atoms with Crippen LogP contribution in [-0.4, -0.2) is 13.1 Å². The Hall–Kier alpha value is -0.410. The molecule has 1 atom stereocenters. The van der Waals surface area contributed by atoms with Crippen LogP contribution in [0.3, 0.4) is 0 Å². The van der Waals surface area contributed by atoms with Gasteiger partial charge in [0.2, 0.25) is 0 Å². The van der Waals surface area contributed by atoms with E-state index in [-0.39, 0.29) is 5.82 Å². The highest BCUT2D eigenvalue weighted by Crippen LogP contribution is 2.25. The van der Waals surface area contributed by atoms with Gasteiger partial charge in [0.05, 0.1) is 4.47 Å². The second-order valence-electron chi connectivity index (χ2n) is 5.62. The summed E-state index contributed by atoms with van der Waals surface area (Å²) >= 11 is 3.36. The molecule has 0 aromatic heterocycles. The average Bonchev–Trinajstić information content (AvgIpc) is 2.34. The third-order valence-electron chi connectivity index (χ3n) is 3.20. The van der Waals surface area contributed by atoms with Crippen LogP contribution in [-0.2, 0) is 6.42 Å². The maximum Gasteiger partial charge on any atom is 0.137 e. The van der Waals surface area contributed by atoms with Crippen LogP contribution in [0.15, 0.2) is 22.7 Å². The molecule has 1 rings (SSSR count). The third kappa shape index (κ3) is 6.05. The van der Waals surface area contributed by atoms with Gasteiger partial charge >= 0.3 is 0 Å². The summed E-state index contributed by atoms with van der Waals surface area (Å²) in [5.74, 6) is 1.06. The van der Waals surface area contributed by atoms with Crippen LogP contribution < -0.4 is 5.32 Å². The van der Waals surface area contributed by atoms with Crippen molar-refractivity contribution in [1.82, 2.24) is 5.32 Å². The molecule has 1 N–H and O–H groups in total. The predicted octanol–water partition coefficient (Wildman–Crippen LogP) is 4.79. The number of nitrogens with one attached hydrogen (secondary N) is 1. The second kappa shape index (κ2) is 8.70. The first kappa shape index (κ1) is 16.6. The topological polar surface area (TPSA) is 12.0 Å². The van der Waals surface area contributed by atoms with E-state index in [0.29, 0.717) is 16.3 Å². The van der Waals surface area contributed by atoms with Crippen molar-refractivity contribution in [2.75, 3.05) is 13.1 Å². The molecule has 0 bridgehead atoms. The van der Waals surface area contributed by atoms with E-state index in [1.807, 2.05) is 6.07 Å². The highest BCUT2D eigenvalue weighted by Gasteiger charge is 2.14. The summed E-state index contributed by atoms with van der Waals surface area (Å²) in [6.07, 6.45) is 3.24. The van der Waals surface area contributed by atoms with Crippen molar-refractivity contribution in [1.29, 1.82) is 0 Å². The Morgan fingerprint density at radius 3 is 2.68 bits per heavy atom. The maximum absolute atomic E-state index is 13.5. The van der Waals surface area contributed by atoms with Crippen molar-refractivity contribution in [3.8, 4) is 0 Å². The highest BCUT2D eigenvalue weighted by molar-refractivity contribution is 9.10. The second-order valence-corrected chi connectivity index (χ2v) is 6.41. The quantitative estimate of drug-likeness (QED) is 0.676. The van der Waals surface area contributed by atoms with Crippen LogP contribution in [0.25, 0.3) is 0 Å². The van der Waals surface area contributed by atoms with E-state index in [1.165, 1.54) is 12.5 Å². The standard InChI is InChI=1S/C16H25BrFN/c1-4-8-19-11-13(9-12(2)3)10-14-6-5-7-15(18)16(14)17/h5-7,12-13,19H,4,8-11H2,1-3H3. The van der Waals surface area contributed by atoms with Crippen LogP contribution in [0.2, 0.25) is 0 Å². The van der Waals surface area contributed by atoms with Gasteiger partial charge in [-0.15, -0.1) is 0 Å². The Morgan fingerprint density at radius 1 is 1.32 bits per heavy atom. The van der Waals surface area contributed by atoms with E-state index in [9.17, 15) is 4.39 Å². The Morgan fingerprint density at radius 2 is 2.05 bits per heavy atom. The zero-order valence-corrected chi connectivity index (χ0v) is 13.8. The molecule has 19 heavy (non-hydrogen) atoms. The molecule has 0 amide bonds. The Kier molecular flexibility index (Phi) is 7.62. The summed E-state index contributed by atoms with van der Waals surface area (Å²) in [4.78, 5) is 0. The number of rotatable bonds is 8. The minimum atomic E-state index is -0.165. The van der Waals surface area contributed by atoms with Crippen molar-refractivity contribution >= 4 is 15.9 Å². The Balaban J connectivity index is 2.67. The lowest BCUT2D eigenvalue weighted by molar-refractivity contribution is 0.384. The largest absolute Gasteiger partial charge is 0.316 e. The molecular weight excluding hydrogens is 305 g/mol. The number of hydrogen-bond donors (Lipinski definition) is 1. The third-order valence-corrected chi connectivity index (χ3v) is 4.09. The van der Waals surface area contributed by atoms with Crippen LogP contribution >= 0.6 is 15.9 Å². The van der Waals surface area contributed by atoms with E-state index in [0.717, 1.165) is 31.5 Å². The number of benzene rings is 1. The normalized spacial score (nSPS) is 12.9. The average molecular weight is 330 g/mol. The van der Waals surface area contributed by atoms with E-state index in [4.69, 9.17) is 0 Å². The van der Waals surface area contributed by atoms with Gasteiger partial charge in [-0.1, -0.05) is 32.9 Å². The molecule has 1 aromatic carbocycles. The van der Waals surface area contributed by atoms with Crippen molar-refractivity contribution in [2.45, 2.75) is 40.0 Å². The minimum absolute atomic E-state index is 0.165. The van der Waals surface area contributed by atoms with Gasteiger partial charge < -0.3 is 5.32 Å². The molecule has 108 valence electrons. The van der Waals surface area contributed by atoms with Gasteiger partial charge in [-0.05, 0) is 71.7 Å². The molecule has 0 spiro atoms. The summed E-state index contributed by atoms with van der Waals surface area (Å²) in [6, 6.07) is 5.31. The Labute approximate surface area is 125 Å². The van der Waals surface area contributed by atoms with Crippen molar-refractivity contribution in [3.63, 3.8) is 0 Å². The number of halogens is 2. The van der Waals surface area contributed by atoms with Crippen LogP contribution in [0, 0.1) is 17.7 Å². The van der Waals surface area contributed by atoms with Crippen molar-refractivity contribution in [2.24, 2.45) is 11.8 Å².